The standard InChI is InChI=1S/C23H31N3O3/c1-23(2,3)21(25(4)18-7-10-24-11-8-18)22(27)26-12-9-16-13-19(28-5)20(29-6)14-17(16)15-26/h7-8,10-11,13-14,21H,9,12,15H2,1-6H3/t21-/m1/s1. The van der Waals surface area contributed by atoms with Crippen molar-refractivity contribution in [1.82, 2.24) is 9.88 Å². The molecule has 1 aromatic heterocycles. The maximum atomic E-state index is 13.7. The van der Waals surface area contributed by atoms with Gasteiger partial charge in [0, 0.05) is 38.2 Å². The third-order valence-corrected chi connectivity index (χ3v) is 5.54. The number of pyridine rings is 1. The molecule has 156 valence electrons. The number of hydrogen-bond acceptors (Lipinski definition) is 5. The molecular formula is C23H31N3O3. The van der Waals surface area contributed by atoms with Gasteiger partial charge in [0.1, 0.15) is 6.04 Å². The van der Waals surface area contributed by atoms with Crippen LogP contribution < -0.4 is 14.4 Å². The minimum atomic E-state index is -0.286. The summed E-state index contributed by atoms with van der Waals surface area (Å²) in [7, 11) is 5.26. The molecule has 1 aromatic carbocycles. The van der Waals surface area contributed by atoms with Crippen LogP contribution in [0.5, 0.6) is 11.5 Å². The number of ether oxygens (including phenoxy) is 2. The van der Waals surface area contributed by atoms with Crippen molar-refractivity contribution in [2.45, 2.75) is 39.8 Å². The van der Waals surface area contributed by atoms with Crippen LogP contribution in [0.3, 0.4) is 0 Å². The lowest BCUT2D eigenvalue weighted by molar-refractivity contribution is -0.135. The summed E-state index contributed by atoms with van der Waals surface area (Å²) in [5.74, 6) is 1.56. The lowest BCUT2D eigenvalue weighted by Gasteiger charge is -2.42. The van der Waals surface area contributed by atoms with Gasteiger partial charge in [-0.05, 0) is 47.2 Å². The van der Waals surface area contributed by atoms with Gasteiger partial charge < -0.3 is 19.3 Å². The summed E-state index contributed by atoms with van der Waals surface area (Å²) in [6, 6.07) is 7.61. The number of amides is 1. The Morgan fingerprint density at radius 1 is 1.10 bits per heavy atom. The lowest BCUT2D eigenvalue weighted by atomic mass is 9.84. The topological polar surface area (TPSA) is 54.9 Å². The number of nitrogens with zero attached hydrogens (tertiary/aromatic N) is 3. The van der Waals surface area contributed by atoms with Crippen molar-refractivity contribution in [3.8, 4) is 11.5 Å². The fourth-order valence-corrected chi connectivity index (χ4v) is 4.09. The third-order valence-electron chi connectivity index (χ3n) is 5.54. The Morgan fingerprint density at radius 3 is 2.24 bits per heavy atom. The summed E-state index contributed by atoms with van der Waals surface area (Å²) in [6.45, 7) is 7.60. The van der Waals surface area contributed by atoms with Crippen LogP contribution >= 0.6 is 0 Å². The van der Waals surface area contributed by atoms with Gasteiger partial charge in [-0.15, -0.1) is 0 Å². The number of carbonyl (C=O) groups is 1. The van der Waals surface area contributed by atoms with E-state index in [2.05, 4.69) is 30.7 Å². The summed E-state index contributed by atoms with van der Waals surface area (Å²) >= 11 is 0. The zero-order chi connectivity index (χ0) is 21.2. The van der Waals surface area contributed by atoms with Crippen molar-refractivity contribution in [1.29, 1.82) is 0 Å². The van der Waals surface area contributed by atoms with E-state index in [1.54, 1.807) is 26.6 Å². The second kappa shape index (κ2) is 8.31. The summed E-state index contributed by atoms with van der Waals surface area (Å²) in [5, 5.41) is 0. The Bertz CT molecular complexity index is 862. The van der Waals surface area contributed by atoms with E-state index >= 15 is 0 Å². The predicted molar refractivity (Wildman–Crippen MR) is 115 cm³/mol. The molecule has 1 aliphatic heterocycles. The zero-order valence-corrected chi connectivity index (χ0v) is 18.2. The van der Waals surface area contributed by atoms with Crippen molar-refractivity contribution in [2.24, 2.45) is 5.41 Å². The van der Waals surface area contributed by atoms with Gasteiger partial charge in [0.25, 0.3) is 0 Å². The van der Waals surface area contributed by atoms with Crippen LogP contribution in [-0.2, 0) is 17.8 Å². The van der Waals surface area contributed by atoms with Gasteiger partial charge in [0.05, 0.1) is 14.2 Å². The van der Waals surface area contributed by atoms with Crippen LogP contribution in [0.15, 0.2) is 36.7 Å². The Morgan fingerprint density at radius 2 is 1.69 bits per heavy atom. The molecule has 0 radical (unpaired) electrons. The fourth-order valence-electron chi connectivity index (χ4n) is 4.09. The maximum Gasteiger partial charge on any atom is 0.246 e. The minimum absolute atomic E-state index is 0.136. The highest BCUT2D eigenvalue weighted by Crippen LogP contribution is 2.35. The molecule has 0 bridgehead atoms. The maximum absolute atomic E-state index is 13.7. The highest BCUT2D eigenvalue weighted by atomic mass is 16.5. The van der Waals surface area contributed by atoms with Crippen molar-refractivity contribution < 1.29 is 14.3 Å². The van der Waals surface area contributed by atoms with E-state index in [4.69, 9.17) is 9.47 Å². The van der Waals surface area contributed by atoms with Crippen LogP contribution in [0.25, 0.3) is 0 Å². The first-order valence-corrected chi connectivity index (χ1v) is 9.91. The van der Waals surface area contributed by atoms with Crippen LogP contribution in [0.1, 0.15) is 31.9 Å². The normalized spacial score (nSPS) is 14.8. The molecule has 2 heterocycles. The number of fused-ring (bicyclic) bond motifs is 1. The van der Waals surface area contributed by atoms with Crippen molar-refractivity contribution in [3.05, 3.63) is 47.8 Å². The summed E-state index contributed by atoms with van der Waals surface area (Å²) in [6.07, 6.45) is 4.32. The average Bonchev–Trinajstić information content (AvgIpc) is 2.71. The van der Waals surface area contributed by atoms with E-state index in [0.717, 1.165) is 23.4 Å². The van der Waals surface area contributed by atoms with Gasteiger partial charge in [-0.3, -0.25) is 9.78 Å². The van der Waals surface area contributed by atoms with Crippen LogP contribution in [0.4, 0.5) is 5.69 Å². The van der Waals surface area contributed by atoms with Gasteiger partial charge in [-0.2, -0.15) is 0 Å². The Balaban J connectivity index is 1.88. The molecule has 0 spiro atoms. The highest BCUT2D eigenvalue weighted by Gasteiger charge is 2.38. The smallest absolute Gasteiger partial charge is 0.246 e. The molecule has 0 saturated heterocycles. The molecule has 6 nitrogen and oxygen atoms in total. The Kier molecular flexibility index (Phi) is 6.01. The molecule has 1 atom stereocenters. The number of carbonyl (C=O) groups excluding carboxylic acids is 1. The van der Waals surface area contributed by atoms with Crippen molar-refractivity contribution >= 4 is 11.6 Å². The summed E-state index contributed by atoms with van der Waals surface area (Å²) < 4.78 is 10.9. The fraction of sp³-hybridized carbons (Fsp3) is 0.478. The Hall–Kier alpha value is -2.76. The molecule has 3 rings (SSSR count). The van der Waals surface area contributed by atoms with Crippen LogP contribution in [0, 0.1) is 5.41 Å². The third kappa shape index (κ3) is 4.31. The van der Waals surface area contributed by atoms with E-state index in [1.807, 2.05) is 36.2 Å². The molecule has 1 amide bonds. The van der Waals surface area contributed by atoms with Gasteiger partial charge in [0.2, 0.25) is 5.91 Å². The summed E-state index contributed by atoms with van der Waals surface area (Å²) in [4.78, 5) is 21.8. The molecule has 1 aliphatic rings. The lowest BCUT2D eigenvalue weighted by Crippen LogP contribution is -2.54. The molecule has 0 unspecified atom stereocenters. The molecule has 0 aliphatic carbocycles. The SMILES string of the molecule is COc1cc2c(cc1OC)CN(C(=O)[C@@H](N(C)c1ccncc1)C(C)(C)C)CC2. The average molecular weight is 398 g/mol. The van der Waals surface area contributed by atoms with Gasteiger partial charge in [-0.25, -0.2) is 0 Å². The zero-order valence-electron chi connectivity index (χ0n) is 18.2. The van der Waals surface area contributed by atoms with Gasteiger partial charge in [-0.1, -0.05) is 20.8 Å². The number of methoxy groups -OCH3 is 2. The van der Waals surface area contributed by atoms with Crippen LogP contribution in [0.2, 0.25) is 0 Å². The van der Waals surface area contributed by atoms with Crippen LogP contribution in [-0.4, -0.2) is 49.6 Å². The van der Waals surface area contributed by atoms with E-state index in [9.17, 15) is 4.79 Å². The molecule has 6 heteroatoms. The number of anilines is 1. The molecule has 2 aromatic rings. The monoisotopic (exact) mass is 397 g/mol. The first-order chi connectivity index (χ1) is 13.8. The second-order valence-corrected chi connectivity index (χ2v) is 8.57. The second-order valence-electron chi connectivity index (χ2n) is 8.57. The number of rotatable bonds is 5. The number of benzene rings is 1. The largest absolute Gasteiger partial charge is 0.493 e. The highest BCUT2D eigenvalue weighted by molar-refractivity contribution is 5.86. The molecule has 29 heavy (non-hydrogen) atoms. The summed E-state index contributed by atoms with van der Waals surface area (Å²) in [5.41, 5.74) is 3.08. The number of likely N-dealkylation sites (N-methyl/N-ethyl adjacent to an activating group) is 1. The van der Waals surface area contributed by atoms with Crippen molar-refractivity contribution in [3.63, 3.8) is 0 Å². The molecule has 0 saturated carbocycles. The molecule has 0 N–H and O–H groups in total. The minimum Gasteiger partial charge on any atom is -0.493 e. The van der Waals surface area contributed by atoms with E-state index in [-0.39, 0.29) is 17.4 Å². The van der Waals surface area contributed by atoms with Gasteiger partial charge in [0.15, 0.2) is 11.5 Å². The van der Waals surface area contributed by atoms with Gasteiger partial charge >= 0.3 is 0 Å². The Labute approximate surface area is 173 Å². The van der Waals surface area contributed by atoms with E-state index < -0.39 is 0 Å². The quantitative estimate of drug-likeness (QED) is 0.773. The molecular weight excluding hydrogens is 366 g/mol. The number of hydrogen-bond donors (Lipinski definition) is 0. The number of aromatic nitrogens is 1. The molecule has 0 fully saturated rings. The first kappa shape index (κ1) is 21.0. The predicted octanol–water partition coefficient (Wildman–Crippen LogP) is 3.53. The van der Waals surface area contributed by atoms with E-state index in [1.165, 1.54) is 5.56 Å². The van der Waals surface area contributed by atoms with Crippen molar-refractivity contribution in [2.75, 3.05) is 32.7 Å². The van der Waals surface area contributed by atoms with E-state index in [0.29, 0.717) is 18.8 Å². The first-order valence-electron chi connectivity index (χ1n) is 9.91.